The molecular formula is C21H26N2O3. The fourth-order valence-corrected chi connectivity index (χ4v) is 3.80. The van der Waals surface area contributed by atoms with Gasteiger partial charge in [0.2, 0.25) is 0 Å². The Morgan fingerprint density at radius 3 is 2.42 bits per heavy atom. The quantitative estimate of drug-likeness (QED) is 0.749. The maximum atomic E-state index is 11.5. The normalized spacial score (nSPS) is 16.4. The maximum absolute atomic E-state index is 11.5. The molecule has 1 saturated carbocycles. The second-order valence-corrected chi connectivity index (χ2v) is 6.98. The third-order valence-corrected chi connectivity index (χ3v) is 5.29. The summed E-state index contributed by atoms with van der Waals surface area (Å²) >= 11 is 0. The van der Waals surface area contributed by atoms with E-state index in [4.69, 9.17) is 5.10 Å². The number of carbonyl (C=O) groups is 1. The lowest BCUT2D eigenvalue weighted by Gasteiger charge is -2.22. The lowest BCUT2D eigenvalue weighted by Crippen LogP contribution is -2.10. The van der Waals surface area contributed by atoms with Gasteiger partial charge in [-0.3, -0.25) is 0 Å². The van der Waals surface area contributed by atoms with Crippen molar-refractivity contribution in [2.24, 2.45) is 0 Å². The van der Waals surface area contributed by atoms with Gasteiger partial charge >= 0.3 is 5.97 Å². The predicted molar refractivity (Wildman–Crippen MR) is 102 cm³/mol. The van der Waals surface area contributed by atoms with Gasteiger partial charge in [-0.25, -0.2) is 9.48 Å². The summed E-state index contributed by atoms with van der Waals surface area (Å²) in [5.41, 5.74) is 3.87. The van der Waals surface area contributed by atoms with Crippen LogP contribution in [0.2, 0.25) is 0 Å². The molecule has 0 atom stereocenters. The van der Waals surface area contributed by atoms with Crippen LogP contribution in [0, 0.1) is 0 Å². The zero-order valence-electron chi connectivity index (χ0n) is 15.4. The topological polar surface area (TPSA) is 75.3 Å². The third-order valence-electron chi connectivity index (χ3n) is 5.29. The number of nitrogens with zero attached hydrogens (tertiary/aromatic N) is 2. The highest BCUT2D eigenvalue weighted by Crippen LogP contribution is 2.36. The number of phenols is 1. The minimum Gasteiger partial charge on any atom is -0.508 e. The molecule has 138 valence electrons. The summed E-state index contributed by atoms with van der Waals surface area (Å²) in [5, 5.41) is 23.8. The van der Waals surface area contributed by atoms with Crippen molar-refractivity contribution in [3.05, 3.63) is 47.3 Å². The molecule has 26 heavy (non-hydrogen) atoms. The zero-order chi connectivity index (χ0) is 18.7. The average Bonchev–Trinajstić information content (AvgIpc) is 3.08. The van der Waals surface area contributed by atoms with Crippen LogP contribution in [0.15, 0.2) is 35.9 Å². The Balaban J connectivity index is 2.12. The molecule has 1 aliphatic carbocycles. The maximum Gasteiger partial charge on any atom is 0.331 e. The molecule has 0 aliphatic heterocycles. The van der Waals surface area contributed by atoms with E-state index in [0.29, 0.717) is 17.9 Å². The molecule has 1 aromatic carbocycles. The van der Waals surface area contributed by atoms with E-state index in [1.807, 2.05) is 23.7 Å². The Hall–Kier alpha value is -2.56. The number of rotatable bonds is 5. The largest absolute Gasteiger partial charge is 0.508 e. The van der Waals surface area contributed by atoms with Crippen LogP contribution in [0.5, 0.6) is 5.75 Å². The fourth-order valence-electron chi connectivity index (χ4n) is 3.80. The molecule has 3 rings (SSSR count). The molecule has 1 aliphatic rings. The minimum absolute atomic E-state index is 0.219. The van der Waals surface area contributed by atoms with Crippen LogP contribution in [-0.4, -0.2) is 26.0 Å². The standard InChI is InChI=1S/C21H26N2O3/c1-3-18(14(2)21(25)26)19-13-20(15-7-5-4-6-8-15)23(22-19)16-9-11-17(24)12-10-16/h9-13,15,24H,3-8H2,1-2H3,(H,25,26)/b18-14+. The van der Waals surface area contributed by atoms with Gasteiger partial charge in [0.05, 0.1) is 11.4 Å². The van der Waals surface area contributed by atoms with E-state index < -0.39 is 5.97 Å². The summed E-state index contributed by atoms with van der Waals surface area (Å²) in [5.74, 6) is -0.251. The van der Waals surface area contributed by atoms with E-state index in [1.165, 1.54) is 19.3 Å². The van der Waals surface area contributed by atoms with Crippen molar-refractivity contribution in [3.63, 3.8) is 0 Å². The zero-order valence-corrected chi connectivity index (χ0v) is 15.4. The van der Waals surface area contributed by atoms with Gasteiger partial charge in [0, 0.05) is 17.2 Å². The van der Waals surface area contributed by atoms with Crippen LogP contribution < -0.4 is 0 Å². The van der Waals surface area contributed by atoms with Crippen molar-refractivity contribution < 1.29 is 15.0 Å². The first-order chi connectivity index (χ1) is 12.5. The first-order valence-corrected chi connectivity index (χ1v) is 9.34. The van der Waals surface area contributed by atoms with Crippen LogP contribution >= 0.6 is 0 Å². The molecule has 0 amide bonds. The third kappa shape index (κ3) is 3.66. The van der Waals surface area contributed by atoms with Crippen molar-refractivity contribution >= 4 is 11.5 Å². The van der Waals surface area contributed by atoms with Crippen LogP contribution in [0.4, 0.5) is 0 Å². The number of carboxylic acid groups (broad SMARTS) is 1. The first kappa shape index (κ1) is 18.2. The summed E-state index contributed by atoms with van der Waals surface area (Å²) in [6.45, 7) is 3.60. The molecular weight excluding hydrogens is 328 g/mol. The number of carboxylic acids is 1. The molecule has 5 nitrogen and oxygen atoms in total. The van der Waals surface area contributed by atoms with E-state index in [9.17, 15) is 15.0 Å². The molecule has 0 bridgehead atoms. The highest BCUT2D eigenvalue weighted by Gasteiger charge is 2.23. The summed E-state index contributed by atoms with van der Waals surface area (Å²) in [6, 6.07) is 9.06. The van der Waals surface area contributed by atoms with Crippen molar-refractivity contribution in [1.29, 1.82) is 0 Å². The van der Waals surface area contributed by atoms with Crippen molar-refractivity contribution in [2.75, 3.05) is 0 Å². The number of benzene rings is 1. The Labute approximate surface area is 154 Å². The van der Waals surface area contributed by atoms with E-state index in [0.717, 1.165) is 35.5 Å². The highest BCUT2D eigenvalue weighted by atomic mass is 16.4. The summed E-state index contributed by atoms with van der Waals surface area (Å²) in [6.07, 6.45) is 6.58. The van der Waals surface area contributed by atoms with E-state index in [1.54, 1.807) is 19.1 Å². The van der Waals surface area contributed by atoms with Crippen LogP contribution in [0.3, 0.4) is 0 Å². The highest BCUT2D eigenvalue weighted by molar-refractivity contribution is 5.95. The molecule has 1 fully saturated rings. The Bertz CT molecular complexity index is 812. The lowest BCUT2D eigenvalue weighted by atomic mass is 9.86. The van der Waals surface area contributed by atoms with Gasteiger partial charge < -0.3 is 10.2 Å². The smallest absolute Gasteiger partial charge is 0.331 e. The fraction of sp³-hybridized carbons (Fsp3) is 0.429. The molecule has 2 aromatic rings. The molecule has 1 heterocycles. The predicted octanol–water partition coefficient (Wildman–Crippen LogP) is 4.89. The second kappa shape index (κ2) is 7.77. The minimum atomic E-state index is -0.903. The van der Waals surface area contributed by atoms with Gasteiger partial charge in [-0.05, 0) is 62.1 Å². The van der Waals surface area contributed by atoms with Crippen LogP contribution in [-0.2, 0) is 4.79 Å². The van der Waals surface area contributed by atoms with Gasteiger partial charge in [-0.15, -0.1) is 0 Å². The molecule has 0 radical (unpaired) electrons. The average molecular weight is 354 g/mol. The Kier molecular flexibility index (Phi) is 5.45. The summed E-state index contributed by atoms with van der Waals surface area (Å²) in [7, 11) is 0. The summed E-state index contributed by atoms with van der Waals surface area (Å²) < 4.78 is 1.93. The van der Waals surface area contributed by atoms with E-state index in [-0.39, 0.29) is 5.75 Å². The van der Waals surface area contributed by atoms with Crippen molar-refractivity contribution in [2.45, 2.75) is 58.3 Å². The van der Waals surface area contributed by atoms with Gasteiger partial charge in [0.15, 0.2) is 0 Å². The molecule has 2 N–H and O–H groups in total. The number of hydrogen-bond donors (Lipinski definition) is 2. The second-order valence-electron chi connectivity index (χ2n) is 6.98. The number of allylic oxidation sites excluding steroid dienone is 1. The van der Waals surface area contributed by atoms with E-state index >= 15 is 0 Å². The van der Waals surface area contributed by atoms with Gasteiger partial charge in [0.1, 0.15) is 5.75 Å². The summed E-state index contributed by atoms with van der Waals surface area (Å²) in [4.78, 5) is 11.5. The lowest BCUT2D eigenvalue weighted by molar-refractivity contribution is -0.132. The van der Waals surface area contributed by atoms with Gasteiger partial charge in [0.25, 0.3) is 0 Å². The SMILES string of the molecule is CC/C(=C(/C)C(=O)O)c1cc(C2CCCCC2)n(-c2ccc(O)cc2)n1. The first-order valence-electron chi connectivity index (χ1n) is 9.34. The van der Waals surface area contributed by atoms with Crippen LogP contribution in [0.1, 0.15) is 69.7 Å². The van der Waals surface area contributed by atoms with Gasteiger partial charge in [-0.2, -0.15) is 5.10 Å². The van der Waals surface area contributed by atoms with E-state index in [2.05, 4.69) is 6.07 Å². The Morgan fingerprint density at radius 2 is 1.85 bits per heavy atom. The molecule has 5 heteroatoms. The monoisotopic (exact) mass is 354 g/mol. The van der Waals surface area contributed by atoms with Crippen molar-refractivity contribution in [1.82, 2.24) is 9.78 Å². The number of aromatic hydroxyl groups is 1. The Morgan fingerprint density at radius 1 is 1.19 bits per heavy atom. The molecule has 0 saturated heterocycles. The van der Waals surface area contributed by atoms with Crippen molar-refractivity contribution in [3.8, 4) is 11.4 Å². The van der Waals surface area contributed by atoms with Crippen LogP contribution in [0.25, 0.3) is 11.3 Å². The molecule has 1 aromatic heterocycles. The number of hydrogen-bond acceptors (Lipinski definition) is 3. The number of aliphatic carboxylic acids is 1. The molecule has 0 unspecified atom stereocenters. The number of phenolic OH excluding ortho intramolecular Hbond substituents is 1. The number of aromatic nitrogens is 2. The van der Waals surface area contributed by atoms with Gasteiger partial charge in [-0.1, -0.05) is 26.2 Å². The molecule has 0 spiro atoms.